The number of carbonyl (C=O) groups is 1. The summed E-state index contributed by atoms with van der Waals surface area (Å²) in [6.07, 6.45) is 12.1. The zero-order chi connectivity index (χ0) is 21.5. The molecule has 2 aliphatic rings. The Labute approximate surface area is 185 Å². The van der Waals surface area contributed by atoms with Gasteiger partial charge in [0.05, 0.1) is 0 Å². The van der Waals surface area contributed by atoms with Crippen LogP contribution in [0.15, 0.2) is 36.8 Å². The molecule has 2 aromatic rings. The fraction of sp³-hybridized carbons (Fsp3) is 0.625. The van der Waals surface area contributed by atoms with Crippen LogP contribution in [-0.2, 0) is 11.3 Å². The number of likely N-dealkylation sites (tertiary alicyclic amines) is 2. The second-order valence-electron chi connectivity index (χ2n) is 8.91. The summed E-state index contributed by atoms with van der Waals surface area (Å²) >= 11 is 0. The van der Waals surface area contributed by atoms with Crippen molar-refractivity contribution in [2.45, 2.75) is 58.0 Å². The molecule has 7 heteroatoms. The number of likely N-dealkylation sites (N-methyl/N-ethyl adjacent to an activating group) is 1. The zero-order valence-corrected chi connectivity index (χ0v) is 18.7. The maximum absolute atomic E-state index is 12.3. The van der Waals surface area contributed by atoms with Gasteiger partial charge in [-0.25, -0.2) is 9.97 Å². The molecule has 2 aliphatic heterocycles. The van der Waals surface area contributed by atoms with Crippen LogP contribution >= 0.6 is 0 Å². The number of carbonyl (C=O) groups excluding carboxylic acids is 1. The van der Waals surface area contributed by atoms with E-state index < -0.39 is 0 Å². The van der Waals surface area contributed by atoms with Crippen LogP contribution in [0.3, 0.4) is 0 Å². The quantitative estimate of drug-likeness (QED) is 0.671. The van der Waals surface area contributed by atoms with Crippen molar-refractivity contribution in [3.63, 3.8) is 0 Å². The lowest BCUT2D eigenvalue weighted by Crippen LogP contribution is -2.40. The Morgan fingerprint density at radius 3 is 2.71 bits per heavy atom. The van der Waals surface area contributed by atoms with E-state index in [1.807, 2.05) is 12.3 Å². The summed E-state index contributed by atoms with van der Waals surface area (Å²) in [5.41, 5.74) is 1.22. The molecule has 0 radical (unpaired) electrons. The molecule has 4 heterocycles. The Hall–Kier alpha value is -2.25. The van der Waals surface area contributed by atoms with Crippen LogP contribution in [0.4, 0.5) is 0 Å². The highest BCUT2D eigenvalue weighted by atomic mass is 16.1. The normalized spacial score (nSPS) is 20.9. The highest BCUT2D eigenvalue weighted by Crippen LogP contribution is 2.24. The van der Waals surface area contributed by atoms with Gasteiger partial charge < -0.3 is 5.32 Å². The highest BCUT2D eigenvalue weighted by molar-refractivity contribution is 5.75. The number of hydrogen-bond donors (Lipinski definition) is 1. The van der Waals surface area contributed by atoms with Crippen molar-refractivity contribution in [1.29, 1.82) is 0 Å². The molecule has 0 saturated carbocycles. The first kappa shape index (κ1) is 22.0. The van der Waals surface area contributed by atoms with E-state index in [0.717, 1.165) is 45.1 Å². The fourth-order valence-corrected chi connectivity index (χ4v) is 5.02. The van der Waals surface area contributed by atoms with Gasteiger partial charge >= 0.3 is 0 Å². The van der Waals surface area contributed by atoms with Gasteiger partial charge in [-0.1, -0.05) is 6.92 Å². The predicted molar refractivity (Wildman–Crippen MR) is 122 cm³/mol. The van der Waals surface area contributed by atoms with E-state index in [-0.39, 0.29) is 5.91 Å². The van der Waals surface area contributed by atoms with Crippen molar-refractivity contribution in [2.75, 3.05) is 32.7 Å². The summed E-state index contributed by atoms with van der Waals surface area (Å²) in [4.78, 5) is 26.1. The monoisotopic (exact) mass is 424 g/mol. The van der Waals surface area contributed by atoms with Crippen LogP contribution in [0, 0.1) is 5.92 Å². The maximum atomic E-state index is 12.3. The van der Waals surface area contributed by atoms with Gasteiger partial charge in [-0.3, -0.25) is 19.2 Å². The molecule has 2 fully saturated rings. The molecular formula is C24H36N6O. The van der Waals surface area contributed by atoms with Gasteiger partial charge in [0.15, 0.2) is 0 Å². The molecule has 0 unspecified atom stereocenters. The second-order valence-corrected chi connectivity index (χ2v) is 8.91. The van der Waals surface area contributed by atoms with Crippen molar-refractivity contribution in [2.24, 2.45) is 5.92 Å². The summed E-state index contributed by atoms with van der Waals surface area (Å²) in [6.45, 7) is 8.37. The maximum Gasteiger partial charge on any atom is 0.233 e. The molecule has 4 rings (SSSR count). The van der Waals surface area contributed by atoms with E-state index >= 15 is 0 Å². The smallest absolute Gasteiger partial charge is 0.233 e. The average molecular weight is 425 g/mol. The summed E-state index contributed by atoms with van der Waals surface area (Å²) < 4.78 is 2.07. The van der Waals surface area contributed by atoms with E-state index in [1.165, 1.54) is 37.9 Å². The molecule has 168 valence electrons. The predicted octanol–water partition coefficient (Wildman–Crippen LogP) is 2.86. The first-order valence-electron chi connectivity index (χ1n) is 11.9. The summed E-state index contributed by atoms with van der Waals surface area (Å²) in [7, 11) is 0. The Morgan fingerprint density at radius 2 is 1.94 bits per heavy atom. The van der Waals surface area contributed by atoms with Crippen LogP contribution in [0.1, 0.15) is 51.1 Å². The molecule has 0 aromatic carbocycles. The van der Waals surface area contributed by atoms with Gasteiger partial charge in [0, 0.05) is 49.8 Å². The van der Waals surface area contributed by atoms with Crippen LogP contribution in [-0.4, -0.2) is 69.0 Å². The van der Waals surface area contributed by atoms with Crippen molar-refractivity contribution in [3.8, 4) is 5.95 Å². The average Bonchev–Trinajstić information content (AvgIpc) is 3.47. The lowest BCUT2D eigenvalue weighted by atomic mass is 9.92. The Kier molecular flexibility index (Phi) is 7.70. The standard InChI is InChI=1S/C24H36N6O/c1-2-29-14-3-6-21(29)18-27-23(31)9-8-20-10-16-28(17-11-20)19-22-7-4-15-30(22)24-25-12-5-13-26-24/h4-5,7,12-13,15,20-21H,2-3,6,8-11,14,16-19H2,1H3,(H,27,31)/t21-/m0/s1. The van der Waals surface area contributed by atoms with Crippen molar-refractivity contribution < 1.29 is 4.79 Å². The Morgan fingerprint density at radius 1 is 1.13 bits per heavy atom. The van der Waals surface area contributed by atoms with E-state index in [4.69, 9.17) is 0 Å². The third-order valence-corrected chi connectivity index (χ3v) is 6.91. The van der Waals surface area contributed by atoms with Crippen LogP contribution < -0.4 is 5.32 Å². The minimum Gasteiger partial charge on any atom is -0.355 e. The third kappa shape index (κ3) is 5.92. The van der Waals surface area contributed by atoms with Gasteiger partial charge in [0.1, 0.15) is 0 Å². The molecule has 0 aliphatic carbocycles. The Bertz CT molecular complexity index is 814. The number of amides is 1. The van der Waals surface area contributed by atoms with Crippen LogP contribution in [0.5, 0.6) is 0 Å². The largest absolute Gasteiger partial charge is 0.355 e. The number of hydrogen-bond acceptors (Lipinski definition) is 5. The number of rotatable bonds is 9. The van der Waals surface area contributed by atoms with E-state index in [2.05, 4.69) is 48.7 Å². The lowest BCUT2D eigenvalue weighted by Gasteiger charge is -2.32. The molecule has 2 aromatic heterocycles. The molecule has 1 amide bonds. The minimum atomic E-state index is 0.228. The van der Waals surface area contributed by atoms with E-state index in [0.29, 0.717) is 18.4 Å². The van der Waals surface area contributed by atoms with Gasteiger partial charge in [0.2, 0.25) is 11.9 Å². The molecule has 1 atom stereocenters. The van der Waals surface area contributed by atoms with Crippen molar-refractivity contribution in [3.05, 3.63) is 42.5 Å². The molecule has 2 saturated heterocycles. The molecule has 0 bridgehead atoms. The van der Waals surface area contributed by atoms with Crippen LogP contribution in [0.25, 0.3) is 5.95 Å². The SMILES string of the molecule is CCN1CCC[C@H]1CNC(=O)CCC1CCN(Cc2cccn2-c2ncccn2)CC1. The second kappa shape index (κ2) is 10.9. The van der Waals surface area contributed by atoms with Gasteiger partial charge in [-0.05, 0) is 82.4 Å². The number of aromatic nitrogens is 3. The first-order valence-corrected chi connectivity index (χ1v) is 11.9. The highest BCUT2D eigenvalue weighted by Gasteiger charge is 2.24. The topological polar surface area (TPSA) is 66.3 Å². The summed E-state index contributed by atoms with van der Waals surface area (Å²) in [6, 6.07) is 6.59. The summed E-state index contributed by atoms with van der Waals surface area (Å²) in [5.74, 6) is 1.61. The number of nitrogens with zero attached hydrogens (tertiary/aromatic N) is 5. The lowest BCUT2D eigenvalue weighted by molar-refractivity contribution is -0.121. The van der Waals surface area contributed by atoms with Crippen molar-refractivity contribution in [1.82, 2.24) is 29.7 Å². The van der Waals surface area contributed by atoms with Crippen molar-refractivity contribution >= 4 is 5.91 Å². The van der Waals surface area contributed by atoms with Crippen LogP contribution in [0.2, 0.25) is 0 Å². The zero-order valence-electron chi connectivity index (χ0n) is 18.7. The van der Waals surface area contributed by atoms with E-state index in [9.17, 15) is 4.79 Å². The molecule has 31 heavy (non-hydrogen) atoms. The van der Waals surface area contributed by atoms with E-state index in [1.54, 1.807) is 12.4 Å². The third-order valence-electron chi connectivity index (χ3n) is 6.91. The molecular weight excluding hydrogens is 388 g/mol. The van der Waals surface area contributed by atoms with Gasteiger partial charge in [-0.15, -0.1) is 0 Å². The van der Waals surface area contributed by atoms with Gasteiger partial charge in [0.25, 0.3) is 0 Å². The first-order chi connectivity index (χ1) is 15.2. The molecule has 1 N–H and O–H groups in total. The molecule has 7 nitrogen and oxygen atoms in total. The molecule has 0 spiro atoms. The summed E-state index contributed by atoms with van der Waals surface area (Å²) in [5, 5.41) is 3.18. The number of piperidine rings is 1. The Balaban J connectivity index is 1.16. The number of nitrogens with one attached hydrogen (secondary N) is 1. The fourth-order valence-electron chi connectivity index (χ4n) is 5.02. The minimum absolute atomic E-state index is 0.228. The van der Waals surface area contributed by atoms with Gasteiger partial charge in [-0.2, -0.15) is 0 Å².